The summed E-state index contributed by atoms with van der Waals surface area (Å²) >= 11 is 1.53. The highest BCUT2D eigenvalue weighted by atomic mass is 32.1. The van der Waals surface area contributed by atoms with E-state index in [1.165, 1.54) is 37.5 Å². The lowest BCUT2D eigenvalue weighted by molar-refractivity contribution is 0.169. The molecule has 2 aliphatic heterocycles. The van der Waals surface area contributed by atoms with Crippen molar-refractivity contribution >= 4 is 16.7 Å². The third kappa shape index (κ3) is 3.43. The van der Waals surface area contributed by atoms with Crippen LogP contribution in [0, 0.1) is 12.8 Å². The van der Waals surface area contributed by atoms with Crippen molar-refractivity contribution in [3.05, 3.63) is 5.82 Å². The van der Waals surface area contributed by atoms with Crippen molar-refractivity contribution in [1.29, 1.82) is 0 Å². The summed E-state index contributed by atoms with van der Waals surface area (Å²) < 4.78 is 9.75. The molecule has 0 spiro atoms. The van der Waals surface area contributed by atoms with Crippen LogP contribution in [0.2, 0.25) is 0 Å². The largest absolute Gasteiger partial charge is 0.381 e. The molecule has 5 nitrogen and oxygen atoms in total. The molecule has 2 aliphatic rings. The Balaban J connectivity index is 1.53. The van der Waals surface area contributed by atoms with Gasteiger partial charge in [-0.1, -0.05) is 0 Å². The summed E-state index contributed by atoms with van der Waals surface area (Å²) in [5.74, 6) is 1.64. The zero-order valence-electron chi connectivity index (χ0n) is 11.5. The van der Waals surface area contributed by atoms with Crippen LogP contribution in [0.3, 0.4) is 0 Å². The van der Waals surface area contributed by atoms with Gasteiger partial charge in [0.25, 0.3) is 0 Å². The Morgan fingerprint density at radius 2 is 2.26 bits per heavy atom. The summed E-state index contributed by atoms with van der Waals surface area (Å²) in [7, 11) is 0. The Kier molecular flexibility index (Phi) is 4.30. The molecule has 106 valence electrons. The van der Waals surface area contributed by atoms with Crippen LogP contribution in [0.5, 0.6) is 0 Å². The molecule has 0 aromatic carbocycles. The molecule has 1 atom stereocenters. The van der Waals surface area contributed by atoms with Crippen molar-refractivity contribution < 1.29 is 4.74 Å². The Morgan fingerprint density at radius 1 is 1.32 bits per heavy atom. The van der Waals surface area contributed by atoms with Crippen LogP contribution >= 0.6 is 11.5 Å². The zero-order valence-corrected chi connectivity index (χ0v) is 12.4. The van der Waals surface area contributed by atoms with Crippen LogP contribution in [-0.2, 0) is 4.74 Å². The average Bonchev–Trinajstić information content (AvgIpc) is 2.99. The van der Waals surface area contributed by atoms with Crippen molar-refractivity contribution in [3.63, 3.8) is 0 Å². The Morgan fingerprint density at radius 3 is 3.00 bits per heavy atom. The van der Waals surface area contributed by atoms with Crippen LogP contribution < -0.4 is 4.90 Å². The third-order valence-corrected chi connectivity index (χ3v) is 4.78. The SMILES string of the molecule is Cc1nsc(N2CCCN(CC3CCOC3)CC2)n1. The summed E-state index contributed by atoms with van der Waals surface area (Å²) in [4.78, 5) is 9.47. The monoisotopic (exact) mass is 282 g/mol. The molecule has 19 heavy (non-hydrogen) atoms. The minimum atomic E-state index is 0.746. The summed E-state index contributed by atoms with van der Waals surface area (Å²) in [5, 5.41) is 1.09. The fourth-order valence-corrected chi connectivity index (χ4v) is 3.58. The molecule has 0 amide bonds. The summed E-state index contributed by atoms with van der Waals surface area (Å²) in [6.45, 7) is 9.58. The number of ether oxygens (including phenoxy) is 1. The second-order valence-corrected chi connectivity index (χ2v) is 6.23. The second-order valence-electron chi connectivity index (χ2n) is 5.49. The maximum atomic E-state index is 5.47. The van der Waals surface area contributed by atoms with Gasteiger partial charge >= 0.3 is 0 Å². The first-order valence-electron chi connectivity index (χ1n) is 7.16. The molecule has 0 aliphatic carbocycles. The lowest BCUT2D eigenvalue weighted by Crippen LogP contribution is -2.34. The fourth-order valence-electron chi connectivity index (χ4n) is 2.85. The first-order chi connectivity index (χ1) is 9.31. The van der Waals surface area contributed by atoms with Crippen molar-refractivity contribution in [3.8, 4) is 0 Å². The van der Waals surface area contributed by atoms with E-state index in [1.807, 2.05) is 6.92 Å². The van der Waals surface area contributed by atoms with Gasteiger partial charge in [-0.3, -0.25) is 0 Å². The van der Waals surface area contributed by atoms with E-state index in [2.05, 4.69) is 19.2 Å². The van der Waals surface area contributed by atoms with Crippen LogP contribution in [-0.4, -0.2) is 60.2 Å². The molecule has 6 heteroatoms. The quantitative estimate of drug-likeness (QED) is 0.838. The van der Waals surface area contributed by atoms with Crippen molar-refractivity contribution in [1.82, 2.24) is 14.3 Å². The number of aryl methyl sites for hydroxylation is 1. The smallest absolute Gasteiger partial charge is 0.205 e. The topological polar surface area (TPSA) is 41.5 Å². The molecule has 2 fully saturated rings. The minimum absolute atomic E-state index is 0.746. The van der Waals surface area contributed by atoms with Gasteiger partial charge in [0.15, 0.2) is 0 Å². The molecule has 1 unspecified atom stereocenters. The minimum Gasteiger partial charge on any atom is -0.381 e. The molecule has 1 aromatic rings. The van der Waals surface area contributed by atoms with Gasteiger partial charge in [0.1, 0.15) is 5.82 Å². The van der Waals surface area contributed by atoms with E-state index >= 15 is 0 Å². The molecule has 0 bridgehead atoms. The molecular weight excluding hydrogens is 260 g/mol. The zero-order chi connectivity index (χ0) is 13.1. The van der Waals surface area contributed by atoms with E-state index in [0.717, 1.165) is 49.7 Å². The van der Waals surface area contributed by atoms with E-state index in [-0.39, 0.29) is 0 Å². The summed E-state index contributed by atoms with van der Waals surface area (Å²) in [5.41, 5.74) is 0. The van der Waals surface area contributed by atoms with E-state index < -0.39 is 0 Å². The van der Waals surface area contributed by atoms with E-state index in [4.69, 9.17) is 4.74 Å². The molecule has 0 N–H and O–H groups in total. The van der Waals surface area contributed by atoms with E-state index in [0.29, 0.717) is 0 Å². The lowest BCUT2D eigenvalue weighted by atomic mass is 10.1. The average molecular weight is 282 g/mol. The van der Waals surface area contributed by atoms with Gasteiger partial charge in [0.2, 0.25) is 5.13 Å². The molecular formula is C13H22N4OS. The molecule has 2 saturated heterocycles. The maximum absolute atomic E-state index is 5.47. The highest BCUT2D eigenvalue weighted by molar-refractivity contribution is 7.09. The van der Waals surface area contributed by atoms with Crippen LogP contribution in [0.1, 0.15) is 18.7 Å². The highest BCUT2D eigenvalue weighted by Crippen LogP contribution is 2.20. The molecule has 0 saturated carbocycles. The van der Waals surface area contributed by atoms with E-state index in [1.54, 1.807) is 0 Å². The second kappa shape index (κ2) is 6.15. The van der Waals surface area contributed by atoms with Crippen molar-refractivity contribution in [2.24, 2.45) is 5.92 Å². The van der Waals surface area contributed by atoms with Gasteiger partial charge in [0, 0.05) is 44.3 Å². The van der Waals surface area contributed by atoms with Crippen LogP contribution in [0.4, 0.5) is 5.13 Å². The normalized spacial score (nSPS) is 25.7. The van der Waals surface area contributed by atoms with Gasteiger partial charge in [-0.25, -0.2) is 4.98 Å². The molecule has 0 radical (unpaired) electrons. The summed E-state index contributed by atoms with van der Waals surface area (Å²) in [6, 6.07) is 0. The number of hydrogen-bond acceptors (Lipinski definition) is 6. The molecule has 3 rings (SSSR count). The first-order valence-corrected chi connectivity index (χ1v) is 7.94. The first kappa shape index (κ1) is 13.3. The van der Waals surface area contributed by atoms with Crippen LogP contribution in [0.15, 0.2) is 0 Å². The standard InChI is InChI=1S/C13H22N4OS/c1-11-14-13(19-15-11)17-5-2-4-16(6-7-17)9-12-3-8-18-10-12/h12H,2-10H2,1H3. The fraction of sp³-hybridized carbons (Fsp3) is 0.846. The number of nitrogens with zero attached hydrogens (tertiary/aromatic N) is 4. The van der Waals surface area contributed by atoms with Crippen LogP contribution in [0.25, 0.3) is 0 Å². The molecule has 3 heterocycles. The van der Waals surface area contributed by atoms with Gasteiger partial charge in [-0.05, 0) is 32.2 Å². The number of hydrogen-bond donors (Lipinski definition) is 0. The Hall–Kier alpha value is -0.720. The highest BCUT2D eigenvalue weighted by Gasteiger charge is 2.22. The predicted molar refractivity (Wildman–Crippen MR) is 76.8 cm³/mol. The number of rotatable bonds is 3. The number of anilines is 1. The maximum Gasteiger partial charge on any atom is 0.205 e. The van der Waals surface area contributed by atoms with Gasteiger partial charge in [0.05, 0.1) is 6.61 Å². The van der Waals surface area contributed by atoms with Crippen molar-refractivity contribution in [2.75, 3.05) is 50.8 Å². The predicted octanol–water partition coefficient (Wildman–Crippen LogP) is 1.40. The van der Waals surface area contributed by atoms with Gasteiger partial charge in [-0.15, -0.1) is 0 Å². The van der Waals surface area contributed by atoms with Gasteiger partial charge in [-0.2, -0.15) is 4.37 Å². The lowest BCUT2D eigenvalue weighted by Gasteiger charge is -2.23. The Bertz CT molecular complexity index is 405. The van der Waals surface area contributed by atoms with E-state index in [9.17, 15) is 0 Å². The third-order valence-electron chi connectivity index (χ3n) is 3.92. The van der Waals surface area contributed by atoms with Gasteiger partial charge < -0.3 is 14.5 Å². The summed E-state index contributed by atoms with van der Waals surface area (Å²) in [6.07, 6.45) is 2.45. The molecule has 1 aromatic heterocycles. The Labute approximate surface area is 118 Å². The van der Waals surface area contributed by atoms with Crippen molar-refractivity contribution in [2.45, 2.75) is 19.8 Å². The number of aromatic nitrogens is 2.